The molecule has 0 saturated carbocycles. The van der Waals surface area contributed by atoms with E-state index in [1.165, 1.54) is 0 Å². The van der Waals surface area contributed by atoms with Gasteiger partial charge in [-0.1, -0.05) is 13.8 Å². The first-order chi connectivity index (χ1) is 5.20. The lowest BCUT2D eigenvalue weighted by Gasteiger charge is -2.14. The molecule has 3 nitrogen and oxygen atoms in total. The highest BCUT2D eigenvalue weighted by molar-refractivity contribution is 5.75. The number of rotatable bonds is 1. The summed E-state index contributed by atoms with van der Waals surface area (Å²) in [4.78, 5) is 9.92. The molecule has 0 aromatic rings. The highest BCUT2D eigenvalue weighted by Gasteiger charge is 2.04. The van der Waals surface area contributed by atoms with Crippen LogP contribution >= 0.6 is 0 Å². The third-order valence-electron chi connectivity index (χ3n) is 1.18. The second kappa shape index (κ2) is 6.00. The Hall–Kier alpha value is -0.570. The molecule has 0 bridgehead atoms. The molecule has 0 aromatic carbocycles. The first-order valence-corrected chi connectivity index (χ1v) is 4.05. The van der Waals surface area contributed by atoms with E-state index in [2.05, 4.69) is 0 Å². The van der Waals surface area contributed by atoms with Crippen LogP contribution in [0.15, 0.2) is 0 Å². The number of hydrogen-bond donors (Lipinski definition) is 1. The van der Waals surface area contributed by atoms with Crippen LogP contribution in [0.3, 0.4) is 0 Å². The van der Waals surface area contributed by atoms with Gasteiger partial charge < -0.3 is 10.5 Å². The Labute approximate surface area is 75.3 Å². The van der Waals surface area contributed by atoms with E-state index in [0.29, 0.717) is 0 Å². The van der Waals surface area contributed by atoms with Crippen LogP contribution in [-0.4, -0.2) is 18.6 Å². The summed E-state index contributed by atoms with van der Waals surface area (Å²) in [5, 5.41) is 0. The van der Waals surface area contributed by atoms with E-state index in [4.69, 9.17) is 10.5 Å². The van der Waals surface area contributed by atoms with E-state index in [1.54, 1.807) is 21.0 Å². The molecule has 0 unspecified atom stereocenters. The first kappa shape index (κ1) is 14.0. The lowest BCUT2D eigenvalue weighted by atomic mass is 10.2. The van der Waals surface area contributed by atoms with Crippen LogP contribution < -0.4 is 5.73 Å². The standard InChI is InChI=1S/C5H12O.C4H9NO/c1-5(2,3)6-4;1-3(2)4(5)6/h1-4H3;3H,1-2H3,(H2,5,6). The summed E-state index contributed by atoms with van der Waals surface area (Å²) in [5.74, 6) is -0.250. The summed E-state index contributed by atoms with van der Waals surface area (Å²) in [6.45, 7) is 9.59. The van der Waals surface area contributed by atoms with Crippen LogP contribution in [0.5, 0.6) is 0 Å². The zero-order chi connectivity index (χ0) is 10.4. The van der Waals surface area contributed by atoms with Crippen molar-refractivity contribution in [2.75, 3.05) is 7.11 Å². The fourth-order valence-electron chi connectivity index (χ4n) is 0. The van der Waals surface area contributed by atoms with E-state index in [1.807, 2.05) is 20.8 Å². The summed E-state index contributed by atoms with van der Waals surface area (Å²) >= 11 is 0. The number of hydrogen-bond acceptors (Lipinski definition) is 2. The molecule has 0 atom stereocenters. The molecule has 0 aromatic heterocycles. The van der Waals surface area contributed by atoms with E-state index >= 15 is 0 Å². The van der Waals surface area contributed by atoms with Gasteiger partial charge in [0.1, 0.15) is 0 Å². The molecule has 2 N–H and O–H groups in total. The average molecular weight is 175 g/mol. The second-order valence-electron chi connectivity index (χ2n) is 3.87. The minimum atomic E-state index is -0.241. The van der Waals surface area contributed by atoms with E-state index in [-0.39, 0.29) is 17.4 Å². The Morgan fingerprint density at radius 1 is 1.33 bits per heavy atom. The highest BCUT2D eigenvalue weighted by Crippen LogP contribution is 2.02. The highest BCUT2D eigenvalue weighted by atomic mass is 16.5. The average Bonchev–Trinajstić information content (AvgIpc) is 1.87. The number of amides is 1. The lowest BCUT2D eigenvalue weighted by molar-refractivity contribution is -0.120. The van der Waals surface area contributed by atoms with Crippen molar-refractivity contribution in [1.29, 1.82) is 0 Å². The molecule has 12 heavy (non-hydrogen) atoms. The minimum Gasteiger partial charge on any atom is -0.379 e. The predicted molar refractivity (Wildman–Crippen MR) is 50.8 cm³/mol. The van der Waals surface area contributed by atoms with Crippen molar-refractivity contribution in [3.63, 3.8) is 0 Å². The first-order valence-electron chi connectivity index (χ1n) is 4.05. The Kier molecular flexibility index (Phi) is 6.99. The molecule has 0 aliphatic carbocycles. The Bertz CT molecular complexity index is 125. The molecule has 0 aliphatic heterocycles. The summed E-state index contributed by atoms with van der Waals surface area (Å²) in [6, 6.07) is 0. The molecule has 74 valence electrons. The number of carbonyl (C=O) groups is 1. The van der Waals surface area contributed by atoms with E-state index < -0.39 is 0 Å². The molecular formula is C9H21NO2. The molecule has 0 heterocycles. The smallest absolute Gasteiger partial charge is 0.219 e. The van der Waals surface area contributed by atoms with Crippen LogP contribution in [0.4, 0.5) is 0 Å². The van der Waals surface area contributed by atoms with Crippen LogP contribution in [0.1, 0.15) is 34.6 Å². The third-order valence-corrected chi connectivity index (χ3v) is 1.18. The van der Waals surface area contributed by atoms with Crippen molar-refractivity contribution < 1.29 is 9.53 Å². The van der Waals surface area contributed by atoms with Gasteiger partial charge in [0.05, 0.1) is 5.60 Å². The molecule has 0 spiro atoms. The van der Waals surface area contributed by atoms with Crippen LogP contribution in [0.25, 0.3) is 0 Å². The summed E-state index contributed by atoms with van der Waals surface area (Å²) in [6.07, 6.45) is 0. The summed E-state index contributed by atoms with van der Waals surface area (Å²) in [5.41, 5.74) is 4.84. The van der Waals surface area contributed by atoms with Gasteiger partial charge in [-0.3, -0.25) is 4.79 Å². The van der Waals surface area contributed by atoms with Gasteiger partial charge in [0.25, 0.3) is 0 Å². The molecule has 0 radical (unpaired) electrons. The number of nitrogens with two attached hydrogens (primary N) is 1. The van der Waals surface area contributed by atoms with E-state index in [0.717, 1.165) is 0 Å². The molecule has 0 rings (SSSR count). The van der Waals surface area contributed by atoms with Gasteiger partial charge in [-0.2, -0.15) is 0 Å². The maximum absolute atomic E-state index is 9.92. The van der Waals surface area contributed by atoms with Gasteiger partial charge in [-0.15, -0.1) is 0 Å². The third kappa shape index (κ3) is 16.2. The second-order valence-corrected chi connectivity index (χ2v) is 3.87. The fraction of sp³-hybridized carbons (Fsp3) is 0.889. The quantitative estimate of drug-likeness (QED) is 0.657. The minimum absolute atomic E-state index is 0.00926. The van der Waals surface area contributed by atoms with Crippen LogP contribution in [0.2, 0.25) is 0 Å². The van der Waals surface area contributed by atoms with Crippen molar-refractivity contribution in [3.05, 3.63) is 0 Å². The molecule has 0 fully saturated rings. The van der Waals surface area contributed by atoms with Gasteiger partial charge in [0.2, 0.25) is 5.91 Å². The van der Waals surface area contributed by atoms with E-state index in [9.17, 15) is 4.79 Å². The maximum atomic E-state index is 9.92. The number of ether oxygens (including phenoxy) is 1. The fourth-order valence-corrected chi connectivity index (χ4v) is 0. The number of methoxy groups -OCH3 is 1. The molecule has 0 saturated heterocycles. The predicted octanol–water partition coefficient (Wildman–Crippen LogP) is 1.56. The summed E-state index contributed by atoms with van der Waals surface area (Å²) < 4.78 is 4.94. The van der Waals surface area contributed by atoms with Gasteiger partial charge in [-0.05, 0) is 20.8 Å². The molecule has 0 aliphatic rings. The topological polar surface area (TPSA) is 52.3 Å². The number of primary amides is 1. The number of carbonyl (C=O) groups excluding carboxylic acids is 1. The Balaban J connectivity index is 0. The zero-order valence-corrected chi connectivity index (χ0v) is 8.97. The van der Waals surface area contributed by atoms with Gasteiger partial charge >= 0.3 is 0 Å². The molecule has 1 amide bonds. The van der Waals surface area contributed by atoms with Crippen molar-refractivity contribution >= 4 is 5.91 Å². The Morgan fingerprint density at radius 3 is 1.50 bits per heavy atom. The van der Waals surface area contributed by atoms with Gasteiger partial charge in [0.15, 0.2) is 0 Å². The van der Waals surface area contributed by atoms with Crippen LogP contribution in [-0.2, 0) is 9.53 Å². The van der Waals surface area contributed by atoms with Crippen molar-refractivity contribution in [2.45, 2.75) is 40.2 Å². The Morgan fingerprint density at radius 2 is 1.50 bits per heavy atom. The van der Waals surface area contributed by atoms with Gasteiger partial charge in [0, 0.05) is 13.0 Å². The summed E-state index contributed by atoms with van der Waals surface area (Å²) in [7, 11) is 1.71. The van der Waals surface area contributed by atoms with Gasteiger partial charge in [-0.25, -0.2) is 0 Å². The maximum Gasteiger partial charge on any atom is 0.219 e. The van der Waals surface area contributed by atoms with Crippen molar-refractivity contribution in [3.8, 4) is 0 Å². The SMILES string of the molecule is CC(C)C(N)=O.COC(C)(C)C. The molecule has 3 heteroatoms. The lowest BCUT2D eigenvalue weighted by Crippen LogP contribution is -2.17. The van der Waals surface area contributed by atoms with Crippen molar-refractivity contribution in [2.24, 2.45) is 11.7 Å². The largest absolute Gasteiger partial charge is 0.379 e. The monoisotopic (exact) mass is 175 g/mol. The van der Waals surface area contributed by atoms with Crippen LogP contribution in [0, 0.1) is 5.92 Å². The van der Waals surface area contributed by atoms with Crippen molar-refractivity contribution in [1.82, 2.24) is 0 Å². The zero-order valence-electron chi connectivity index (χ0n) is 8.97. The molecular weight excluding hydrogens is 154 g/mol. The normalized spacial score (nSPS) is 10.6.